The molecule has 0 unspecified atom stereocenters. The van der Waals surface area contributed by atoms with E-state index >= 15 is 0 Å². The monoisotopic (exact) mass is 504 g/mol. The van der Waals surface area contributed by atoms with E-state index in [9.17, 15) is 4.79 Å². The van der Waals surface area contributed by atoms with Crippen LogP contribution in [-0.4, -0.2) is 54.3 Å². The highest BCUT2D eigenvalue weighted by Crippen LogP contribution is 2.28. The van der Waals surface area contributed by atoms with Crippen LogP contribution in [0.3, 0.4) is 0 Å². The fraction of sp³-hybridized carbons (Fsp3) is 0.231. The second kappa shape index (κ2) is 11.8. The normalized spacial score (nSPS) is 10.5. The molecule has 0 fully saturated rings. The van der Waals surface area contributed by atoms with Crippen molar-refractivity contribution < 1.29 is 23.7 Å². The maximum atomic E-state index is 13.0. The number of methoxy groups -OCH3 is 4. The van der Waals surface area contributed by atoms with Crippen molar-refractivity contribution in [2.75, 3.05) is 33.8 Å². The Balaban J connectivity index is 1.42. The zero-order valence-electron chi connectivity index (χ0n) is 21.0. The smallest absolute Gasteiger partial charge is 0.255 e. The van der Waals surface area contributed by atoms with Crippen molar-refractivity contribution in [3.05, 3.63) is 77.7 Å². The van der Waals surface area contributed by atoms with Gasteiger partial charge in [-0.25, -0.2) is 9.67 Å². The highest BCUT2D eigenvalue weighted by atomic mass is 16.5. The van der Waals surface area contributed by atoms with Gasteiger partial charge in [-0.15, -0.1) is 5.10 Å². The predicted molar refractivity (Wildman–Crippen MR) is 137 cm³/mol. The van der Waals surface area contributed by atoms with Crippen molar-refractivity contribution in [1.29, 1.82) is 0 Å². The van der Waals surface area contributed by atoms with Gasteiger partial charge in [-0.2, -0.15) is 0 Å². The van der Waals surface area contributed by atoms with Crippen LogP contribution in [-0.2, 0) is 13.1 Å². The Morgan fingerprint density at radius 3 is 2.14 bits per heavy atom. The van der Waals surface area contributed by atoms with Crippen molar-refractivity contribution in [1.82, 2.24) is 25.3 Å². The van der Waals surface area contributed by atoms with Crippen molar-refractivity contribution in [2.24, 2.45) is 0 Å². The summed E-state index contributed by atoms with van der Waals surface area (Å²) in [6.07, 6.45) is 3.38. The summed E-state index contributed by atoms with van der Waals surface area (Å²) in [4.78, 5) is 17.3. The Morgan fingerprint density at radius 2 is 1.51 bits per heavy atom. The van der Waals surface area contributed by atoms with E-state index in [4.69, 9.17) is 18.9 Å². The first kappa shape index (κ1) is 25.3. The molecular weight excluding hydrogens is 476 g/mol. The van der Waals surface area contributed by atoms with Gasteiger partial charge in [0.25, 0.3) is 5.91 Å². The van der Waals surface area contributed by atoms with Crippen LogP contribution in [0.5, 0.6) is 23.0 Å². The highest BCUT2D eigenvalue weighted by molar-refractivity contribution is 5.99. The molecule has 4 rings (SSSR count). The van der Waals surface area contributed by atoms with Crippen LogP contribution in [0.1, 0.15) is 21.6 Å². The van der Waals surface area contributed by atoms with Gasteiger partial charge in [0.1, 0.15) is 34.5 Å². The molecular formula is C26H28N6O5. The first-order valence-corrected chi connectivity index (χ1v) is 11.4. The lowest BCUT2D eigenvalue weighted by atomic mass is 10.2. The number of carbonyl (C=O) groups is 1. The van der Waals surface area contributed by atoms with Crippen LogP contribution in [0.25, 0.3) is 0 Å². The second-order valence-electron chi connectivity index (χ2n) is 7.94. The molecule has 37 heavy (non-hydrogen) atoms. The Morgan fingerprint density at radius 1 is 0.892 bits per heavy atom. The first-order valence-electron chi connectivity index (χ1n) is 11.4. The van der Waals surface area contributed by atoms with Gasteiger partial charge in [-0.05, 0) is 29.8 Å². The van der Waals surface area contributed by atoms with Gasteiger partial charge in [0.15, 0.2) is 0 Å². The van der Waals surface area contributed by atoms with Gasteiger partial charge in [0, 0.05) is 36.1 Å². The summed E-state index contributed by atoms with van der Waals surface area (Å²) in [7, 11) is 6.35. The number of anilines is 2. The van der Waals surface area contributed by atoms with Crippen LogP contribution in [0, 0.1) is 0 Å². The van der Waals surface area contributed by atoms with Crippen molar-refractivity contribution in [3.63, 3.8) is 0 Å². The Labute approximate surface area is 214 Å². The van der Waals surface area contributed by atoms with Gasteiger partial charge in [-0.1, -0.05) is 5.21 Å². The molecule has 0 spiro atoms. The van der Waals surface area contributed by atoms with E-state index < -0.39 is 0 Å². The summed E-state index contributed by atoms with van der Waals surface area (Å²) in [6.45, 7) is 0.663. The van der Waals surface area contributed by atoms with Crippen molar-refractivity contribution in [3.8, 4) is 23.0 Å². The Hall–Kier alpha value is -4.80. The van der Waals surface area contributed by atoms with E-state index in [0.29, 0.717) is 52.3 Å². The average molecular weight is 505 g/mol. The van der Waals surface area contributed by atoms with Crippen LogP contribution in [0.4, 0.5) is 11.5 Å². The number of hydrogen-bond donors (Lipinski definition) is 2. The van der Waals surface area contributed by atoms with Gasteiger partial charge >= 0.3 is 0 Å². The van der Waals surface area contributed by atoms with Crippen LogP contribution >= 0.6 is 0 Å². The number of ether oxygens (including phenoxy) is 4. The summed E-state index contributed by atoms with van der Waals surface area (Å²) in [6, 6.07) is 14.3. The molecule has 2 heterocycles. The molecule has 192 valence electrons. The van der Waals surface area contributed by atoms with Gasteiger partial charge in [-0.3, -0.25) is 4.79 Å². The summed E-state index contributed by atoms with van der Waals surface area (Å²) >= 11 is 0. The molecule has 0 aliphatic carbocycles. The molecule has 4 aromatic rings. The molecule has 2 aromatic heterocycles. The fourth-order valence-corrected chi connectivity index (χ4v) is 3.61. The minimum atomic E-state index is -0.308. The largest absolute Gasteiger partial charge is 0.497 e. The standard InChI is InChI=1S/C26H28N6O5/c1-34-20-8-17(9-21(12-20)35-2)15-32-16-19(30-31-32)14-28-26(33)24-6-5-7-27-25(24)29-18-10-22(36-3)13-23(11-18)37-4/h5-13,16H,14-15H2,1-4H3,(H,27,29)(H,28,33). The van der Waals surface area contributed by atoms with E-state index in [1.54, 1.807) is 81.9 Å². The zero-order chi connectivity index (χ0) is 26.2. The number of aromatic nitrogens is 4. The summed E-state index contributed by atoms with van der Waals surface area (Å²) in [5.74, 6) is 2.69. The zero-order valence-corrected chi connectivity index (χ0v) is 21.0. The van der Waals surface area contributed by atoms with E-state index in [1.165, 1.54) is 0 Å². The van der Waals surface area contributed by atoms with Gasteiger partial charge < -0.3 is 29.6 Å². The third-order valence-electron chi connectivity index (χ3n) is 5.44. The molecule has 11 nitrogen and oxygen atoms in total. The second-order valence-corrected chi connectivity index (χ2v) is 7.94. The molecule has 11 heteroatoms. The number of benzene rings is 2. The molecule has 0 atom stereocenters. The van der Waals surface area contributed by atoms with Crippen LogP contribution in [0.15, 0.2) is 60.9 Å². The summed E-state index contributed by atoms with van der Waals surface area (Å²) in [5.41, 5.74) is 2.59. The number of nitrogens with one attached hydrogen (secondary N) is 2. The number of rotatable bonds is 11. The minimum absolute atomic E-state index is 0.196. The Kier molecular flexibility index (Phi) is 8.04. The van der Waals surface area contributed by atoms with Gasteiger partial charge in [0.2, 0.25) is 0 Å². The average Bonchev–Trinajstić information content (AvgIpc) is 3.38. The maximum Gasteiger partial charge on any atom is 0.255 e. The van der Waals surface area contributed by atoms with Gasteiger partial charge in [0.05, 0.1) is 53.3 Å². The molecule has 0 aliphatic heterocycles. The van der Waals surface area contributed by atoms with Crippen molar-refractivity contribution in [2.45, 2.75) is 13.1 Å². The van der Waals surface area contributed by atoms with Crippen LogP contribution in [0.2, 0.25) is 0 Å². The van der Waals surface area contributed by atoms with E-state index in [2.05, 4.69) is 25.9 Å². The number of carbonyl (C=O) groups excluding carboxylic acids is 1. The fourth-order valence-electron chi connectivity index (χ4n) is 3.61. The SMILES string of the molecule is COc1cc(Cn2cc(CNC(=O)c3cccnc3Nc3cc(OC)cc(OC)c3)nn2)cc(OC)c1. The molecule has 0 bridgehead atoms. The highest BCUT2D eigenvalue weighted by Gasteiger charge is 2.14. The molecule has 0 radical (unpaired) electrons. The molecule has 0 saturated heterocycles. The Bertz CT molecular complexity index is 1330. The first-order chi connectivity index (χ1) is 18.0. The molecule has 0 saturated carbocycles. The molecule has 2 aromatic carbocycles. The number of pyridine rings is 1. The number of hydrogen-bond acceptors (Lipinski definition) is 9. The molecule has 0 aliphatic rings. The summed E-state index contributed by atoms with van der Waals surface area (Å²) < 4.78 is 23.0. The third kappa shape index (κ3) is 6.45. The minimum Gasteiger partial charge on any atom is -0.497 e. The topological polar surface area (TPSA) is 122 Å². The molecule has 2 N–H and O–H groups in total. The van der Waals surface area contributed by atoms with E-state index in [-0.39, 0.29) is 12.5 Å². The summed E-state index contributed by atoms with van der Waals surface area (Å²) in [5, 5.41) is 14.4. The van der Waals surface area contributed by atoms with Crippen molar-refractivity contribution >= 4 is 17.4 Å². The van der Waals surface area contributed by atoms with Crippen LogP contribution < -0.4 is 29.6 Å². The number of nitrogens with zero attached hydrogens (tertiary/aromatic N) is 4. The number of amides is 1. The lowest BCUT2D eigenvalue weighted by Gasteiger charge is -2.13. The lowest BCUT2D eigenvalue weighted by Crippen LogP contribution is -2.24. The quantitative estimate of drug-likeness (QED) is 0.316. The third-order valence-corrected chi connectivity index (χ3v) is 5.44. The molecule has 1 amide bonds. The lowest BCUT2D eigenvalue weighted by molar-refractivity contribution is 0.0951. The predicted octanol–water partition coefficient (Wildman–Crippen LogP) is 3.43. The maximum absolute atomic E-state index is 13.0. The van der Waals surface area contributed by atoms with E-state index in [1.807, 2.05) is 12.1 Å². The van der Waals surface area contributed by atoms with E-state index in [0.717, 1.165) is 5.56 Å².